The molecule has 2 N–H and O–H groups in total. The second-order valence-corrected chi connectivity index (χ2v) is 6.45. The van der Waals surface area contributed by atoms with Crippen molar-refractivity contribution >= 4 is 11.7 Å². The van der Waals surface area contributed by atoms with Crippen molar-refractivity contribution in [3.05, 3.63) is 47.4 Å². The van der Waals surface area contributed by atoms with Gasteiger partial charge in [0.15, 0.2) is 5.78 Å². The van der Waals surface area contributed by atoms with Crippen molar-refractivity contribution < 1.29 is 14.3 Å². The van der Waals surface area contributed by atoms with Gasteiger partial charge in [-0.25, -0.2) is 4.98 Å². The molecule has 0 bridgehead atoms. The molecule has 2 aliphatic rings. The Bertz CT molecular complexity index is 699. The first-order valence-electron chi connectivity index (χ1n) is 7.24. The molecule has 1 heterocycles. The van der Waals surface area contributed by atoms with Gasteiger partial charge in [-0.1, -0.05) is 19.9 Å². The number of carbonyl (C=O) groups is 2. The first-order chi connectivity index (χ1) is 10.4. The number of fused-ring (bicyclic) bond motifs is 1. The van der Waals surface area contributed by atoms with Crippen molar-refractivity contribution in [2.45, 2.75) is 26.7 Å². The Balaban J connectivity index is 1.77. The number of hydrogen-bond acceptors (Lipinski definition) is 4. The Morgan fingerprint density at radius 3 is 2.77 bits per heavy atom. The number of ketones is 1. The van der Waals surface area contributed by atoms with E-state index in [9.17, 15) is 9.59 Å². The molecule has 1 amide bonds. The van der Waals surface area contributed by atoms with Crippen LogP contribution in [0.5, 0.6) is 5.88 Å². The molecule has 0 radical (unpaired) electrons. The van der Waals surface area contributed by atoms with Gasteiger partial charge in [-0.15, -0.1) is 0 Å². The average molecular weight is 298 g/mol. The average Bonchev–Trinajstić information content (AvgIpc) is 2.69. The number of aromatic nitrogens is 1. The van der Waals surface area contributed by atoms with Gasteiger partial charge in [-0.05, 0) is 29.0 Å². The predicted molar refractivity (Wildman–Crippen MR) is 81.1 cm³/mol. The molecular formula is C17H18N2O3. The second-order valence-electron chi connectivity index (χ2n) is 6.45. The van der Waals surface area contributed by atoms with Crippen LogP contribution in [0.3, 0.4) is 0 Å². The molecule has 1 fully saturated rings. The Morgan fingerprint density at radius 2 is 2.14 bits per heavy atom. The van der Waals surface area contributed by atoms with Gasteiger partial charge in [0, 0.05) is 25.1 Å². The number of rotatable bonds is 3. The van der Waals surface area contributed by atoms with Crippen LogP contribution in [-0.4, -0.2) is 16.7 Å². The van der Waals surface area contributed by atoms with Crippen LogP contribution in [0.15, 0.2) is 41.8 Å². The summed E-state index contributed by atoms with van der Waals surface area (Å²) in [5, 5.41) is 0. The van der Waals surface area contributed by atoms with Gasteiger partial charge in [0.1, 0.15) is 5.76 Å². The molecule has 1 aromatic heterocycles. The van der Waals surface area contributed by atoms with E-state index in [0.29, 0.717) is 24.3 Å². The number of Topliss-reactive ketones (excluding diaryl/α,β-unsaturated/α-hetero) is 1. The largest absolute Gasteiger partial charge is 0.443 e. The third kappa shape index (κ3) is 2.54. The minimum Gasteiger partial charge on any atom is -0.443 e. The number of pyridine rings is 1. The van der Waals surface area contributed by atoms with E-state index in [-0.39, 0.29) is 17.1 Å². The van der Waals surface area contributed by atoms with Gasteiger partial charge in [0.2, 0.25) is 11.8 Å². The maximum Gasteiger partial charge on any atom is 0.250 e. The number of nitrogens with two attached hydrogens (primary N) is 1. The molecule has 0 aliphatic heterocycles. The van der Waals surface area contributed by atoms with Crippen molar-refractivity contribution in [2.75, 3.05) is 0 Å². The Kier molecular flexibility index (Phi) is 3.35. The first kappa shape index (κ1) is 14.5. The van der Waals surface area contributed by atoms with Crippen LogP contribution >= 0.6 is 0 Å². The fourth-order valence-corrected chi connectivity index (χ4v) is 3.10. The molecule has 0 spiro atoms. The highest BCUT2D eigenvalue weighted by Gasteiger charge is 2.44. The predicted octanol–water partition coefficient (Wildman–Crippen LogP) is 2.39. The summed E-state index contributed by atoms with van der Waals surface area (Å²) in [6.07, 6.45) is 6.35. The van der Waals surface area contributed by atoms with Crippen LogP contribution < -0.4 is 10.5 Å². The van der Waals surface area contributed by atoms with Crippen LogP contribution in [0.2, 0.25) is 0 Å². The summed E-state index contributed by atoms with van der Waals surface area (Å²) in [5.74, 6) is 1.08. The Morgan fingerprint density at radius 1 is 1.36 bits per heavy atom. The fourth-order valence-electron chi connectivity index (χ4n) is 3.10. The lowest BCUT2D eigenvalue weighted by atomic mass is 9.77. The van der Waals surface area contributed by atoms with Crippen molar-refractivity contribution in [3.63, 3.8) is 0 Å². The van der Waals surface area contributed by atoms with Crippen LogP contribution in [0.4, 0.5) is 0 Å². The van der Waals surface area contributed by atoms with E-state index in [0.717, 1.165) is 11.3 Å². The molecule has 22 heavy (non-hydrogen) atoms. The normalized spacial score (nSPS) is 22.6. The van der Waals surface area contributed by atoms with Crippen LogP contribution in [0, 0.1) is 11.3 Å². The van der Waals surface area contributed by atoms with Crippen molar-refractivity contribution in [2.24, 2.45) is 17.1 Å². The molecule has 3 rings (SSSR count). The number of hydrogen-bond donors (Lipinski definition) is 1. The van der Waals surface area contributed by atoms with Gasteiger partial charge in [0.05, 0.1) is 5.56 Å². The zero-order chi connectivity index (χ0) is 15.9. The topological polar surface area (TPSA) is 82.3 Å². The standard InChI is InChI=1S/C17H18N2O3/c1-17(2)8-14(20)12-5-4-11(7-13(12)17)22-15-6-3-10(9-19-15)16(18)21/h3-6,9,13H,7-8H2,1-2H3,(H2,18,21). The highest BCUT2D eigenvalue weighted by Crippen LogP contribution is 2.48. The molecule has 0 saturated heterocycles. The van der Waals surface area contributed by atoms with E-state index in [1.54, 1.807) is 12.1 Å². The summed E-state index contributed by atoms with van der Waals surface area (Å²) in [6.45, 7) is 4.22. The molecule has 5 heteroatoms. The maximum atomic E-state index is 12.0. The van der Waals surface area contributed by atoms with Gasteiger partial charge in [-0.3, -0.25) is 9.59 Å². The van der Waals surface area contributed by atoms with E-state index in [4.69, 9.17) is 10.5 Å². The van der Waals surface area contributed by atoms with Crippen LogP contribution in [0.25, 0.3) is 0 Å². The van der Waals surface area contributed by atoms with Gasteiger partial charge < -0.3 is 10.5 Å². The zero-order valence-corrected chi connectivity index (χ0v) is 12.6. The number of ether oxygens (including phenoxy) is 1. The summed E-state index contributed by atoms with van der Waals surface area (Å²) in [6, 6.07) is 3.20. The third-order valence-electron chi connectivity index (χ3n) is 4.37. The number of carbonyl (C=O) groups excluding carboxylic acids is 2. The Hall–Kier alpha value is -2.43. The number of allylic oxidation sites excluding steroid dienone is 4. The minimum atomic E-state index is -0.519. The van der Waals surface area contributed by atoms with E-state index in [1.807, 2.05) is 12.2 Å². The smallest absolute Gasteiger partial charge is 0.250 e. The van der Waals surface area contributed by atoms with Crippen molar-refractivity contribution in [1.82, 2.24) is 4.98 Å². The molecule has 1 aromatic rings. The van der Waals surface area contributed by atoms with E-state index in [1.165, 1.54) is 6.20 Å². The lowest BCUT2D eigenvalue weighted by Crippen LogP contribution is -2.21. The molecule has 1 saturated carbocycles. The van der Waals surface area contributed by atoms with Crippen LogP contribution in [0.1, 0.15) is 37.0 Å². The molecule has 0 aromatic carbocycles. The molecule has 5 nitrogen and oxygen atoms in total. The van der Waals surface area contributed by atoms with Crippen molar-refractivity contribution in [3.8, 4) is 5.88 Å². The van der Waals surface area contributed by atoms with Crippen molar-refractivity contribution in [1.29, 1.82) is 0 Å². The third-order valence-corrected chi connectivity index (χ3v) is 4.37. The second kappa shape index (κ2) is 5.09. The number of nitrogens with zero attached hydrogens (tertiary/aromatic N) is 1. The number of amides is 1. The molecular weight excluding hydrogens is 280 g/mol. The minimum absolute atomic E-state index is 0.0466. The van der Waals surface area contributed by atoms with E-state index in [2.05, 4.69) is 18.8 Å². The quantitative estimate of drug-likeness (QED) is 0.928. The van der Waals surface area contributed by atoms with Gasteiger partial charge >= 0.3 is 0 Å². The summed E-state index contributed by atoms with van der Waals surface area (Å²) >= 11 is 0. The molecule has 2 aliphatic carbocycles. The Labute approximate surface area is 128 Å². The highest BCUT2D eigenvalue weighted by atomic mass is 16.5. The van der Waals surface area contributed by atoms with E-state index >= 15 is 0 Å². The van der Waals surface area contributed by atoms with E-state index < -0.39 is 5.91 Å². The monoisotopic (exact) mass is 298 g/mol. The fraction of sp³-hybridized carbons (Fsp3) is 0.353. The summed E-state index contributed by atoms with van der Waals surface area (Å²) in [5.41, 5.74) is 6.37. The SMILES string of the molecule is CC1(C)CC(=O)C2=CC=C(Oc3ccc(C(N)=O)cn3)CC21. The van der Waals surface area contributed by atoms with Gasteiger partial charge in [0.25, 0.3) is 0 Å². The molecule has 1 unspecified atom stereocenters. The zero-order valence-electron chi connectivity index (χ0n) is 12.6. The lowest BCUT2D eigenvalue weighted by Gasteiger charge is -2.29. The number of primary amides is 1. The molecule has 1 atom stereocenters. The molecule has 114 valence electrons. The summed E-state index contributed by atoms with van der Waals surface area (Å²) in [4.78, 5) is 27.1. The highest BCUT2D eigenvalue weighted by molar-refractivity contribution is 5.99. The maximum absolute atomic E-state index is 12.0. The van der Waals surface area contributed by atoms with Crippen LogP contribution in [-0.2, 0) is 4.79 Å². The summed E-state index contributed by atoms with van der Waals surface area (Å²) in [7, 11) is 0. The summed E-state index contributed by atoms with van der Waals surface area (Å²) < 4.78 is 5.77. The lowest BCUT2D eigenvalue weighted by molar-refractivity contribution is -0.115. The van der Waals surface area contributed by atoms with Gasteiger partial charge in [-0.2, -0.15) is 0 Å². The first-order valence-corrected chi connectivity index (χ1v) is 7.24.